The van der Waals surface area contributed by atoms with Crippen molar-refractivity contribution in [3.05, 3.63) is 71.3 Å². The normalized spacial score (nSPS) is 11.3. The van der Waals surface area contributed by atoms with Gasteiger partial charge in [0.2, 0.25) is 5.91 Å². The number of hydrogen-bond donors (Lipinski definition) is 0. The summed E-state index contributed by atoms with van der Waals surface area (Å²) >= 11 is 0. The van der Waals surface area contributed by atoms with Crippen molar-refractivity contribution in [2.24, 2.45) is 0 Å². The quantitative estimate of drug-likeness (QED) is 0.839. The van der Waals surface area contributed by atoms with Crippen LogP contribution in [0.5, 0.6) is 0 Å². The predicted molar refractivity (Wildman–Crippen MR) is 82.3 cm³/mol. The summed E-state index contributed by atoms with van der Waals surface area (Å²) < 4.78 is 26.6. The van der Waals surface area contributed by atoms with Crippen molar-refractivity contribution in [2.45, 2.75) is 25.8 Å². The maximum atomic E-state index is 13.7. The van der Waals surface area contributed by atoms with E-state index in [1.165, 1.54) is 17.0 Å². The first-order valence-corrected chi connectivity index (χ1v) is 7.07. The number of halogens is 2. The number of benzene rings is 2. The van der Waals surface area contributed by atoms with Crippen LogP contribution in [0.15, 0.2) is 48.5 Å². The fourth-order valence-corrected chi connectivity index (χ4v) is 2.43. The van der Waals surface area contributed by atoms with Gasteiger partial charge in [-0.25, -0.2) is 8.78 Å². The standard InChI is InChI=1S/C18H19F2NO/c1-18(2,14-7-5-4-6-8-14)17(22)21(3)12-13-9-10-15(19)11-16(13)20/h4-11H,12H2,1-3H3. The summed E-state index contributed by atoms with van der Waals surface area (Å²) in [5, 5.41) is 0. The molecule has 0 aliphatic heterocycles. The largest absolute Gasteiger partial charge is 0.341 e. The van der Waals surface area contributed by atoms with E-state index in [4.69, 9.17) is 0 Å². The van der Waals surface area contributed by atoms with Gasteiger partial charge in [-0.3, -0.25) is 4.79 Å². The van der Waals surface area contributed by atoms with Gasteiger partial charge in [0, 0.05) is 25.2 Å². The molecule has 0 radical (unpaired) electrons. The second kappa shape index (κ2) is 6.26. The van der Waals surface area contributed by atoms with Crippen molar-refractivity contribution in [3.8, 4) is 0 Å². The average molecular weight is 303 g/mol. The summed E-state index contributed by atoms with van der Waals surface area (Å²) in [4.78, 5) is 14.1. The Morgan fingerprint density at radius 3 is 2.32 bits per heavy atom. The van der Waals surface area contributed by atoms with Crippen LogP contribution in [0, 0.1) is 11.6 Å². The Labute approximate surface area is 129 Å². The van der Waals surface area contributed by atoms with Gasteiger partial charge in [-0.15, -0.1) is 0 Å². The maximum absolute atomic E-state index is 13.7. The zero-order valence-corrected chi connectivity index (χ0v) is 12.9. The van der Waals surface area contributed by atoms with Crippen LogP contribution in [0.4, 0.5) is 8.78 Å². The molecule has 0 aromatic heterocycles. The van der Waals surface area contributed by atoms with Crippen molar-refractivity contribution in [1.82, 2.24) is 4.90 Å². The van der Waals surface area contributed by atoms with Gasteiger partial charge < -0.3 is 4.90 Å². The molecule has 1 amide bonds. The highest BCUT2D eigenvalue weighted by atomic mass is 19.1. The molecule has 2 aromatic rings. The summed E-state index contributed by atoms with van der Waals surface area (Å²) in [6.07, 6.45) is 0. The molecule has 0 saturated carbocycles. The maximum Gasteiger partial charge on any atom is 0.232 e. The zero-order chi connectivity index (χ0) is 16.3. The minimum Gasteiger partial charge on any atom is -0.341 e. The third-order valence-electron chi connectivity index (χ3n) is 3.80. The highest BCUT2D eigenvalue weighted by Crippen LogP contribution is 2.26. The van der Waals surface area contributed by atoms with Crippen molar-refractivity contribution in [3.63, 3.8) is 0 Å². The number of rotatable bonds is 4. The van der Waals surface area contributed by atoms with Crippen molar-refractivity contribution in [1.29, 1.82) is 0 Å². The monoisotopic (exact) mass is 303 g/mol. The summed E-state index contributed by atoms with van der Waals surface area (Å²) in [7, 11) is 1.62. The Kier molecular flexibility index (Phi) is 4.59. The number of carbonyl (C=O) groups excluding carboxylic acids is 1. The molecule has 2 aromatic carbocycles. The van der Waals surface area contributed by atoms with Crippen molar-refractivity contribution >= 4 is 5.91 Å². The van der Waals surface area contributed by atoms with Crippen LogP contribution in [-0.4, -0.2) is 17.9 Å². The molecule has 0 unspecified atom stereocenters. The van der Waals surface area contributed by atoms with Gasteiger partial charge >= 0.3 is 0 Å². The Morgan fingerprint density at radius 2 is 1.73 bits per heavy atom. The molecule has 0 aliphatic carbocycles. The second-order valence-corrected chi connectivity index (χ2v) is 5.89. The summed E-state index contributed by atoms with van der Waals surface area (Å²) in [6, 6.07) is 12.8. The van der Waals surface area contributed by atoms with Gasteiger partial charge in [-0.05, 0) is 25.5 Å². The Hall–Kier alpha value is -2.23. The first kappa shape index (κ1) is 16.1. The van der Waals surface area contributed by atoms with E-state index in [0.717, 1.165) is 11.6 Å². The molecule has 0 bridgehead atoms. The van der Waals surface area contributed by atoms with E-state index < -0.39 is 17.0 Å². The topological polar surface area (TPSA) is 20.3 Å². The molecule has 22 heavy (non-hydrogen) atoms. The third kappa shape index (κ3) is 3.32. The zero-order valence-electron chi connectivity index (χ0n) is 12.9. The fraction of sp³-hybridized carbons (Fsp3) is 0.278. The van der Waals surface area contributed by atoms with E-state index in [0.29, 0.717) is 5.56 Å². The van der Waals surface area contributed by atoms with E-state index in [-0.39, 0.29) is 12.5 Å². The molecule has 4 heteroatoms. The molecular formula is C18H19F2NO. The van der Waals surface area contributed by atoms with E-state index >= 15 is 0 Å². The van der Waals surface area contributed by atoms with Gasteiger partial charge in [0.15, 0.2) is 0 Å². The van der Waals surface area contributed by atoms with Crippen LogP contribution in [0.3, 0.4) is 0 Å². The first-order chi connectivity index (χ1) is 10.3. The van der Waals surface area contributed by atoms with Gasteiger partial charge in [-0.1, -0.05) is 36.4 Å². The van der Waals surface area contributed by atoms with E-state index in [1.807, 2.05) is 44.2 Å². The van der Waals surface area contributed by atoms with Crippen molar-refractivity contribution in [2.75, 3.05) is 7.05 Å². The molecular weight excluding hydrogens is 284 g/mol. The van der Waals surface area contributed by atoms with Crippen LogP contribution in [0.1, 0.15) is 25.0 Å². The van der Waals surface area contributed by atoms with Gasteiger partial charge in [0.05, 0.1) is 5.41 Å². The number of carbonyl (C=O) groups is 1. The van der Waals surface area contributed by atoms with Crippen LogP contribution in [-0.2, 0) is 16.8 Å². The molecule has 116 valence electrons. The van der Waals surface area contributed by atoms with Crippen LogP contribution >= 0.6 is 0 Å². The molecule has 0 N–H and O–H groups in total. The molecule has 0 saturated heterocycles. The van der Waals surface area contributed by atoms with Crippen LogP contribution in [0.25, 0.3) is 0 Å². The molecule has 0 heterocycles. The minimum atomic E-state index is -0.716. The van der Waals surface area contributed by atoms with Gasteiger partial charge in [-0.2, -0.15) is 0 Å². The molecule has 2 rings (SSSR count). The Balaban J connectivity index is 2.18. The number of nitrogens with zero attached hydrogens (tertiary/aromatic N) is 1. The molecule has 0 spiro atoms. The smallest absolute Gasteiger partial charge is 0.232 e. The average Bonchev–Trinajstić information content (AvgIpc) is 2.50. The van der Waals surface area contributed by atoms with E-state index in [9.17, 15) is 13.6 Å². The minimum absolute atomic E-state index is 0.0984. The molecule has 0 aliphatic rings. The van der Waals surface area contributed by atoms with Crippen molar-refractivity contribution < 1.29 is 13.6 Å². The SMILES string of the molecule is CN(Cc1ccc(F)cc1F)C(=O)C(C)(C)c1ccccc1. The highest BCUT2D eigenvalue weighted by molar-refractivity contribution is 5.87. The lowest BCUT2D eigenvalue weighted by molar-refractivity contribution is -0.135. The summed E-state index contributed by atoms with van der Waals surface area (Å²) in [5.74, 6) is -1.39. The Morgan fingerprint density at radius 1 is 1.09 bits per heavy atom. The predicted octanol–water partition coefficient (Wildman–Crippen LogP) is 3.90. The molecule has 0 fully saturated rings. The van der Waals surface area contributed by atoms with Gasteiger partial charge in [0.1, 0.15) is 11.6 Å². The lowest BCUT2D eigenvalue weighted by Gasteiger charge is -2.30. The number of amides is 1. The van der Waals surface area contributed by atoms with Crippen LogP contribution in [0.2, 0.25) is 0 Å². The number of hydrogen-bond acceptors (Lipinski definition) is 1. The second-order valence-electron chi connectivity index (χ2n) is 5.89. The fourth-order valence-electron chi connectivity index (χ4n) is 2.43. The third-order valence-corrected chi connectivity index (χ3v) is 3.80. The Bertz CT molecular complexity index is 668. The summed E-state index contributed by atoms with van der Waals surface area (Å²) in [6.45, 7) is 3.77. The van der Waals surface area contributed by atoms with Gasteiger partial charge in [0.25, 0.3) is 0 Å². The molecule has 2 nitrogen and oxygen atoms in total. The lowest BCUT2D eigenvalue weighted by Crippen LogP contribution is -2.41. The highest BCUT2D eigenvalue weighted by Gasteiger charge is 2.32. The number of likely N-dealkylation sites (N-methyl/N-ethyl adjacent to an activating group) is 1. The lowest BCUT2D eigenvalue weighted by atomic mass is 9.83. The van der Waals surface area contributed by atoms with E-state index in [2.05, 4.69) is 0 Å². The molecule has 0 atom stereocenters. The first-order valence-electron chi connectivity index (χ1n) is 7.07. The van der Waals surface area contributed by atoms with Crippen LogP contribution < -0.4 is 0 Å². The summed E-state index contributed by atoms with van der Waals surface area (Å²) in [5.41, 5.74) is 0.472. The van der Waals surface area contributed by atoms with E-state index in [1.54, 1.807) is 7.05 Å².